The van der Waals surface area contributed by atoms with Crippen molar-refractivity contribution in [1.29, 1.82) is 0 Å². The second-order valence-corrected chi connectivity index (χ2v) is 16.6. The fraction of sp³-hybridized carbons (Fsp3) is 0.405. The Morgan fingerprint density at radius 1 is 0.667 bits per heavy atom. The first-order chi connectivity index (χ1) is 23.8. The van der Waals surface area contributed by atoms with Gasteiger partial charge in [0.1, 0.15) is 0 Å². The predicted octanol–water partition coefficient (Wildman–Crippen LogP) is 8.39. The van der Waals surface area contributed by atoms with Crippen LogP contribution in [0.1, 0.15) is 64.8 Å². The van der Waals surface area contributed by atoms with Crippen LogP contribution in [-0.2, 0) is 32.2 Å². The third-order valence-electron chi connectivity index (χ3n) is 10.6. The lowest BCUT2D eigenvalue weighted by Gasteiger charge is -2.37. The normalized spacial score (nSPS) is 18.4. The van der Waals surface area contributed by atoms with Gasteiger partial charge in [-0.2, -0.15) is 4.57 Å². The first kappa shape index (κ1) is 31.9. The van der Waals surface area contributed by atoms with Gasteiger partial charge >= 0.3 is 0 Å². The Bertz CT molecular complexity index is 1690. The van der Waals surface area contributed by atoms with Gasteiger partial charge in [-0.15, -0.1) is 0 Å². The Morgan fingerprint density at radius 3 is 1.88 bits per heavy atom. The van der Waals surface area contributed by atoms with Crippen molar-refractivity contribution in [3.63, 3.8) is 0 Å². The molecule has 8 rings (SSSR count). The van der Waals surface area contributed by atoms with Crippen LogP contribution in [0.5, 0.6) is 0 Å². The summed E-state index contributed by atoms with van der Waals surface area (Å²) in [5.74, 6) is 2.21. The van der Waals surface area contributed by atoms with Crippen molar-refractivity contribution in [3.8, 4) is 0 Å². The summed E-state index contributed by atoms with van der Waals surface area (Å²) >= 11 is 0. The van der Waals surface area contributed by atoms with Gasteiger partial charge in [0.25, 0.3) is 0 Å². The maximum Gasteiger partial charge on any atom is 0.205 e. The van der Waals surface area contributed by atoms with E-state index in [1.807, 2.05) is 21.6 Å². The van der Waals surface area contributed by atoms with Crippen molar-refractivity contribution in [2.45, 2.75) is 57.9 Å². The molecular weight excluding hydrogens is 625 g/mol. The van der Waals surface area contributed by atoms with E-state index in [0.29, 0.717) is 0 Å². The van der Waals surface area contributed by atoms with Gasteiger partial charge in [-0.3, -0.25) is 0 Å². The van der Waals surface area contributed by atoms with Gasteiger partial charge in [0.2, 0.25) is 5.69 Å². The highest BCUT2D eigenvalue weighted by molar-refractivity contribution is 8.76. The van der Waals surface area contributed by atoms with Gasteiger partial charge in [0.05, 0.1) is 5.75 Å². The fourth-order valence-corrected chi connectivity index (χ4v) is 10.4. The molecule has 0 saturated heterocycles. The second kappa shape index (κ2) is 15.0. The van der Waals surface area contributed by atoms with E-state index in [4.69, 9.17) is 0 Å². The number of rotatable bonds is 11. The smallest absolute Gasteiger partial charge is 0.205 e. The molecule has 2 aromatic carbocycles. The zero-order valence-electron chi connectivity index (χ0n) is 28.3. The molecule has 0 radical (unpaired) electrons. The van der Waals surface area contributed by atoms with E-state index in [0.717, 1.165) is 31.1 Å². The van der Waals surface area contributed by atoms with Crippen molar-refractivity contribution in [3.05, 3.63) is 118 Å². The molecule has 0 atom stereocenters. The van der Waals surface area contributed by atoms with Crippen LogP contribution < -0.4 is 14.4 Å². The number of hydrogen-bond acceptors (Lipinski definition) is 5. The Hall–Kier alpha value is -3.35. The summed E-state index contributed by atoms with van der Waals surface area (Å²) in [6.07, 6.45) is 28.4. The van der Waals surface area contributed by atoms with Crippen LogP contribution >= 0.6 is 21.6 Å². The minimum atomic E-state index is 0.991. The van der Waals surface area contributed by atoms with E-state index < -0.39 is 0 Å². The minimum absolute atomic E-state index is 0.991. The molecule has 6 heterocycles. The van der Waals surface area contributed by atoms with E-state index in [-0.39, 0.29) is 0 Å². The van der Waals surface area contributed by atoms with Crippen LogP contribution in [0.2, 0.25) is 0 Å². The summed E-state index contributed by atoms with van der Waals surface area (Å²) in [5.41, 5.74) is 14.7. The molecule has 3 aromatic rings. The third kappa shape index (κ3) is 7.16. The second-order valence-electron chi connectivity index (χ2n) is 13.9. The molecule has 0 aliphatic carbocycles. The summed E-state index contributed by atoms with van der Waals surface area (Å²) in [5, 5.41) is 0. The van der Waals surface area contributed by atoms with Crippen LogP contribution in [-0.4, -0.2) is 55.7 Å². The minimum Gasteiger partial charge on any atom is -0.371 e. The number of aromatic nitrogens is 1. The molecule has 5 aliphatic heterocycles. The number of pyridine rings is 1. The molecule has 0 saturated carbocycles. The third-order valence-corrected chi connectivity index (χ3v) is 13.0. The molecule has 0 amide bonds. The maximum absolute atomic E-state index is 2.63. The molecular formula is C42H49N4S2+. The maximum atomic E-state index is 2.63. The molecule has 0 spiro atoms. The monoisotopic (exact) mass is 673 g/mol. The van der Waals surface area contributed by atoms with E-state index in [1.165, 1.54) is 100 Å². The molecule has 5 aliphatic rings. The molecule has 48 heavy (non-hydrogen) atoms. The number of allylic oxidation sites excluding steroid dienone is 3. The molecule has 4 nitrogen and oxygen atoms in total. The van der Waals surface area contributed by atoms with Gasteiger partial charge in [0.15, 0.2) is 12.7 Å². The van der Waals surface area contributed by atoms with Crippen LogP contribution in [0.3, 0.4) is 0 Å². The highest BCUT2D eigenvalue weighted by Crippen LogP contribution is 2.38. The Balaban J connectivity index is 0.828. The SMILES string of the molecule is C1=CCN(CCSSCC[n+]2ccccc2C=Cc2cc3c4c(c2)CCCN4CCC3)C(C=Cc2cc3c4c(c2)CCCN4CCC3)=C1. The lowest BCUT2D eigenvalue weighted by Crippen LogP contribution is -2.37. The molecule has 0 unspecified atom stereocenters. The van der Waals surface area contributed by atoms with Gasteiger partial charge in [-0.25, -0.2) is 0 Å². The Labute approximate surface area is 295 Å². The van der Waals surface area contributed by atoms with Crippen LogP contribution in [0.15, 0.2) is 78.7 Å². The average Bonchev–Trinajstić information content (AvgIpc) is 3.12. The standard InChI is InChI=1S/C42H49N4S2/c1-3-19-43(39(13-1)17-15-33-29-35-9-5-21-45-22-6-10-36(30-33)41(35)45)25-27-47-48-28-26-44-20-4-2-14-40(44)18-16-34-31-37-11-7-23-46-24-8-12-38(32-34)42(37)46/h1-4,13-19,29-32H,5-12,20-28H2/q+1. The molecule has 0 bridgehead atoms. The highest BCUT2D eigenvalue weighted by Gasteiger charge is 2.25. The van der Waals surface area contributed by atoms with Crippen molar-refractivity contribution in [1.82, 2.24) is 4.90 Å². The quantitative estimate of drug-likeness (QED) is 0.115. The first-order valence-electron chi connectivity index (χ1n) is 18.3. The van der Waals surface area contributed by atoms with E-state index in [1.54, 1.807) is 33.6 Å². The fourth-order valence-electron chi connectivity index (χ4n) is 8.41. The van der Waals surface area contributed by atoms with Crippen molar-refractivity contribution >= 4 is 51.2 Å². The van der Waals surface area contributed by atoms with Crippen LogP contribution in [0.4, 0.5) is 11.4 Å². The largest absolute Gasteiger partial charge is 0.371 e. The molecule has 0 fully saturated rings. The van der Waals surface area contributed by atoms with Crippen molar-refractivity contribution in [2.75, 3.05) is 60.6 Å². The molecule has 0 N–H and O–H groups in total. The zero-order valence-corrected chi connectivity index (χ0v) is 29.9. The summed E-state index contributed by atoms with van der Waals surface area (Å²) < 4.78 is 2.40. The van der Waals surface area contributed by atoms with Gasteiger partial charge < -0.3 is 14.7 Å². The van der Waals surface area contributed by atoms with E-state index >= 15 is 0 Å². The molecule has 6 heteroatoms. The van der Waals surface area contributed by atoms with Gasteiger partial charge in [0, 0.05) is 80.3 Å². The Morgan fingerprint density at radius 2 is 1.25 bits per heavy atom. The predicted molar refractivity (Wildman–Crippen MR) is 209 cm³/mol. The number of nitrogens with zero attached hydrogens (tertiary/aromatic N) is 4. The van der Waals surface area contributed by atoms with E-state index in [9.17, 15) is 0 Å². The highest BCUT2D eigenvalue weighted by atomic mass is 33.1. The molecule has 1 aromatic heterocycles. The van der Waals surface area contributed by atoms with Gasteiger partial charge in [-0.1, -0.05) is 39.8 Å². The van der Waals surface area contributed by atoms with Gasteiger partial charge in [-0.05, 0) is 133 Å². The number of anilines is 2. The number of benzene rings is 2. The van der Waals surface area contributed by atoms with Crippen molar-refractivity contribution < 1.29 is 4.57 Å². The van der Waals surface area contributed by atoms with Crippen LogP contribution in [0, 0.1) is 0 Å². The summed E-state index contributed by atoms with van der Waals surface area (Å²) in [6.45, 7) is 8.01. The summed E-state index contributed by atoms with van der Waals surface area (Å²) in [4.78, 5) is 7.78. The average molecular weight is 674 g/mol. The topological polar surface area (TPSA) is 13.6 Å². The molecule has 248 valence electrons. The summed E-state index contributed by atoms with van der Waals surface area (Å²) in [7, 11) is 4.01. The number of hydrogen-bond donors (Lipinski definition) is 0. The van der Waals surface area contributed by atoms with E-state index in [2.05, 4.69) is 110 Å². The Kier molecular flexibility index (Phi) is 9.99. The lowest BCUT2D eigenvalue weighted by molar-refractivity contribution is -0.694. The number of aryl methyl sites for hydroxylation is 5. The first-order valence-corrected chi connectivity index (χ1v) is 20.8. The van der Waals surface area contributed by atoms with Crippen molar-refractivity contribution in [2.24, 2.45) is 0 Å². The lowest BCUT2D eigenvalue weighted by atomic mass is 9.90. The summed E-state index contributed by atoms with van der Waals surface area (Å²) in [6, 6.07) is 16.4. The van der Waals surface area contributed by atoms with Crippen LogP contribution in [0.25, 0.3) is 18.2 Å². The zero-order chi connectivity index (χ0) is 32.1.